The maximum atomic E-state index is 9.42. The van der Waals surface area contributed by atoms with Crippen molar-refractivity contribution in [1.29, 1.82) is 5.26 Å². The Balaban J connectivity index is 2.34. The predicted molar refractivity (Wildman–Crippen MR) is 64.2 cm³/mol. The highest BCUT2D eigenvalue weighted by Crippen LogP contribution is 2.24. The van der Waals surface area contributed by atoms with Crippen molar-refractivity contribution in [3.05, 3.63) is 48.0 Å². The smallest absolute Gasteiger partial charge is 0.138 e. The van der Waals surface area contributed by atoms with Crippen LogP contribution in [0.1, 0.15) is 18.3 Å². The summed E-state index contributed by atoms with van der Waals surface area (Å²) in [7, 11) is 0. The van der Waals surface area contributed by atoms with E-state index >= 15 is 0 Å². The van der Waals surface area contributed by atoms with E-state index in [2.05, 4.69) is 16.2 Å². The molecule has 0 bridgehead atoms. The van der Waals surface area contributed by atoms with Gasteiger partial charge in [0.25, 0.3) is 0 Å². The van der Waals surface area contributed by atoms with E-state index in [1.807, 2.05) is 44.2 Å². The van der Waals surface area contributed by atoms with Gasteiger partial charge < -0.3 is 0 Å². The van der Waals surface area contributed by atoms with Crippen LogP contribution in [0.3, 0.4) is 0 Å². The zero-order valence-electron chi connectivity index (χ0n) is 9.96. The molecule has 86 valence electrons. The van der Waals surface area contributed by atoms with Crippen molar-refractivity contribution in [1.82, 2.24) is 14.8 Å². The van der Waals surface area contributed by atoms with Crippen LogP contribution in [0.25, 0.3) is 0 Å². The van der Waals surface area contributed by atoms with Gasteiger partial charge in [0.2, 0.25) is 0 Å². The van der Waals surface area contributed by atoms with Crippen LogP contribution < -0.4 is 0 Å². The first-order valence-corrected chi connectivity index (χ1v) is 5.47. The molecule has 0 aliphatic heterocycles. The fourth-order valence-corrected chi connectivity index (χ4v) is 1.77. The highest BCUT2D eigenvalue weighted by atomic mass is 15.3. The summed E-state index contributed by atoms with van der Waals surface area (Å²) < 4.78 is 1.76. The molecule has 0 N–H and O–H groups in total. The molecule has 0 aliphatic carbocycles. The first-order valence-electron chi connectivity index (χ1n) is 5.47. The van der Waals surface area contributed by atoms with E-state index in [9.17, 15) is 5.26 Å². The molecule has 0 spiro atoms. The lowest BCUT2D eigenvalue weighted by Crippen LogP contribution is -2.27. The van der Waals surface area contributed by atoms with Gasteiger partial charge in [-0.05, 0) is 19.4 Å². The standard InChI is InChI=1S/C13H14N4/c1-11-15-10-16-17(11)9-13(2,8-14)12-6-4-3-5-7-12/h3-7,10H,9H2,1-2H3. The molecule has 1 unspecified atom stereocenters. The van der Waals surface area contributed by atoms with Crippen molar-refractivity contribution in [2.45, 2.75) is 25.8 Å². The monoisotopic (exact) mass is 226 g/mol. The third-order valence-electron chi connectivity index (χ3n) is 2.93. The summed E-state index contributed by atoms with van der Waals surface area (Å²) in [6.07, 6.45) is 1.51. The molecule has 0 saturated carbocycles. The van der Waals surface area contributed by atoms with E-state index in [4.69, 9.17) is 0 Å². The SMILES string of the molecule is Cc1ncnn1CC(C)(C#N)c1ccccc1. The first-order chi connectivity index (χ1) is 8.15. The van der Waals surface area contributed by atoms with E-state index in [-0.39, 0.29) is 0 Å². The van der Waals surface area contributed by atoms with Crippen molar-refractivity contribution in [2.24, 2.45) is 0 Å². The van der Waals surface area contributed by atoms with Gasteiger partial charge in [0.1, 0.15) is 12.2 Å². The predicted octanol–water partition coefficient (Wildman–Crippen LogP) is 2.07. The Morgan fingerprint density at radius 2 is 2.06 bits per heavy atom. The summed E-state index contributed by atoms with van der Waals surface area (Å²) in [5.41, 5.74) is 0.414. The largest absolute Gasteiger partial charge is 0.248 e. The third-order valence-corrected chi connectivity index (χ3v) is 2.93. The van der Waals surface area contributed by atoms with Crippen molar-refractivity contribution >= 4 is 0 Å². The summed E-state index contributed by atoms with van der Waals surface area (Å²) in [5.74, 6) is 0.822. The van der Waals surface area contributed by atoms with Gasteiger partial charge in [-0.2, -0.15) is 10.4 Å². The van der Waals surface area contributed by atoms with Gasteiger partial charge in [-0.3, -0.25) is 0 Å². The second-order valence-electron chi connectivity index (χ2n) is 4.27. The molecular formula is C13H14N4. The highest BCUT2D eigenvalue weighted by molar-refractivity contribution is 5.30. The van der Waals surface area contributed by atoms with Crippen LogP contribution in [-0.2, 0) is 12.0 Å². The number of aryl methyl sites for hydroxylation is 1. The minimum absolute atomic E-state index is 0.513. The number of hydrogen-bond donors (Lipinski definition) is 0. The number of nitrogens with zero attached hydrogens (tertiary/aromatic N) is 4. The van der Waals surface area contributed by atoms with Crippen LogP contribution in [-0.4, -0.2) is 14.8 Å². The molecule has 0 aliphatic rings. The summed E-state index contributed by atoms with van der Waals surface area (Å²) in [5, 5.41) is 13.5. The summed E-state index contributed by atoms with van der Waals surface area (Å²) in [4.78, 5) is 4.07. The molecular weight excluding hydrogens is 212 g/mol. The number of hydrogen-bond acceptors (Lipinski definition) is 3. The average Bonchev–Trinajstić information content (AvgIpc) is 2.76. The molecule has 2 aromatic rings. The Hall–Kier alpha value is -2.15. The third kappa shape index (κ3) is 2.18. The second kappa shape index (κ2) is 4.38. The second-order valence-corrected chi connectivity index (χ2v) is 4.27. The molecule has 1 atom stereocenters. The Kier molecular flexibility index (Phi) is 2.92. The molecule has 4 heteroatoms. The van der Waals surface area contributed by atoms with Crippen molar-refractivity contribution < 1.29 is 0 Å². The molecule has 17 heavy (non-hydrogen) atoms. The van der Waals surface area contributed by atoms with Gasteiger partial charge in [-0.25, -0.2) is 9.67 Å². The molecule has 0 saturated heterocycles. The number of benzene rings is 1. The zero-order chi connectivity index (χ0) is 12.3. The van der Waals surface area contributed by atoms with Crippen LogP contribution in [0.4, 0.5) is 0 Å². The molecule has 1 heterocycles. The number of rotatable bonds is 3. The van der Waals surface area contributed by atoms with Gasteiger partial charge in [0.15, 0.2) is 0 Å². The fraction of sp³-hybridized carbons (Fsp3) is 0.308. The molecule has 0 amide bonds. The Bertz CT molecular complexity index is 538. The highest BCUT2D eigenvalue weighted by Gasteiger charge is 2.27. The average molecular weight is 226 g/mol. The van der Waals surface area contributed by atoms with Gasteiger partial charge in [-0.15, -0.1) is 0 Å². The molecule has 1 aromatic heterocycles. The van der Waals surface area contributed by atoms with E-state index in [0.29, 0.717) is 6.54 Å². The van der Waals surface area contributed by atoms with Crippen molar-refractivity contribution in [3.8, 4) is 6.07 Å². The quantitative estimate of drug-likeness (QED) is 0.805. The summed E-state index contributed by atoms with van der Waals surface area (Å²) >= 11 is 0. The van der Waals surface area contributed by atoms with Gasteiger partial charge in [0.05, 0.1) is 18.0 Å². The lowest BCUT2D eigenvalue weighted by atomic mass is 9.84. The van der Waals surface area contributed by atoms with Crippen LogP contribution in [0.5, 0.6) is 0 Å². The first kappa shape index (κ1) is 11.3. The maximum absolute atomic E-state index is 9.42. The maximum Gasteiger partial charge on any atom is 0.138 e. The Labute approximate surface area is 101 Å². The van der Waals surface area contributed by atoms with E-state index in [1.165, 1.54) is 6.33 Å². The number of nitriles is 1. The molecule has 4 nitrogen and oxygen atoms in total. The Morgan fingerprint density at radius 1 is 1.35 bits per heavy atom. The lowest BCUT2D eigenvalue weighted by Gasteiger charge is -2.22. The van der Waals surface area contributed by atoms with E-state index in [0.717, 1.165) is 11.4 Å². The van der Waals surface area contributed by atoms with Crippen LogP contribution in [0, 0.1) is 18.3 Å². The normalized spacial score (nSPS) is 13.9. The number of aromatic nitrogens is 3. The molecule has 0 radical (unpaired) electrons. The lowest BCUT2D eigenvalue weighted by molar-refractivity contribution is 0.452. The minimum atomic E-state index is -0.584. The minimum Gasteiger partial charge on any atom is -0.248 e. The Morgan fingerprint density at radius 3 is 2.59 bits per heavy atom. The molecule has 0 fully saturated rings. The van der Waals surface area contributed by atoms with Crippen molar-refractivity contribution in [2.75, 3.05) is 0 Å². The summed E-state index contributed by atoms with van der Waals surface area (Å²) in [6.45, 7) is 4.32. The summed E-state index contributed by atoms with van der Waals surface area (Å²) in [6, 6.07) is 12.1. The zero-order valence-corrected chi connectivity index (χ0v) is 9.96. The van der Waals surface area contributed by atoms with E-state index < -0.39 is 5.41 Å². The molecule has 1 aromatic carbocycles. The van der Waals surface area contributed by atoms with Crippen LogP contribution in [0.15, 0.2) is 36.7 Å². The topological polar surface area (TPSA) is 54.5 Å². The van der Waals surface area contributed by atoms with Crippen LogP contribution in [0.2, 0.25) is 0 Å². The molecule has 2 rings (SSSR count). The van der Waals surface area contributed by atoms with Gasteiger partial charge in [0, 0.05) is 0 Å². The van der Waals surface area contributed by atoms with Gasteiger partial charge >= 0.3 is 0 Å². The van der Waals surface area contributed by atoms with E-state index in [1.54, 1.807) is 4.68 Å². The fourth-order valence-electron chi connectivity index (χ4n) is 1.77. The van der Waals surface area contributed by atoms with Gasteiger partial charge in [-0.1, -0.05) is 30.3 Å². The van der Waals surface area contributed by atoms with Crippen molar-refractivity contribution in [3.63, 3.8) is 0 Å². The van der Waals surface area contributed by atoms with Crippen LogP contribution >= 0.6 is 0 Å².